The number of aromatic nitrogens is 3. The van der Waals surface area contributed by atoms with Crippen LogP contribution in [0.5, 0.6) is 5.75 Å². The Balaban J connectivity index is 1.92. The Morgan fingerprint density at radius 1 is 1.13 bits per heavy atom. The Bertz CT molecular complexity index is 826. The minimum absolute atomic E-state index is 0.222. The third kappa shape index (κ3) is 3.13. The van der Waals surface area contributed by atoms with Crippen molar-refractivity contribution in [2.45, 2.75) is 20.5 Å². The third-order valence-corrected chi connectivity index (χ3v) is 3.61. The first kappa shape index (κ1) is 15.0. The Morgan fingerprint density at radius 2 is 1.91 bits per heavy atom. The van der Waals surface area contributed by atoms with Crippen molar-refractivity contribution in [3.8, 4) is 11.4 Å². The third-order valence-electron chi connectivity index (χ3n) is 3.61. The van der Waals surface area contributed by atoms with Crippen molar-refractivity contribution in [3.05, 3.63) is 71.0 Å². The molecular formula is C18H17N3O2. The molecule has 3 rings (SSSR count). The van der Waals surface area contributed by atoms with Gasteiger partial charge >= 0.3 is 0 Å². The fraction of sp³-hybridized carbons (Fsp3) is 0.167. The Labute approximate surface area is 134 Å². The van der Waals surface area contributed by atoms with Crippen molar-refractivity contribution in [1.82, 2.24) is 15.0 Å². The summed E-state index contributed by atoms with van der Waals surface area (Å²) < 4.78 is 7.54. The predicted molar refractivity (Wildman–Crippen MR) is 87.0 cm³/mol. The van der Waals surface area contributed by atoms with Crippen LogP contribution in [0.25, 0.3) is 5.69 Å². The zero-order valence-electron chi connectivity index (χ0n) is 13.1. The van der Waals surface area contributed by atoms with E-state index in [1.54, 1.807) is 4.68 Å². The van der Waals surface area contributed by atoms with Gasteiger partial charge in [-0.2, -0.15) is 0 Å². The van der Waals surface area contributed by atoms with Gasteiger partial charge in [0.2, 0.25) is 0 Å². The van der Waals surface area contributed by atoms with Crippen molar-refractivity contribution < 1.29 is 9.53 Å². The highest BCUT2D eigenvalue weighted by Crippen LogP contribution is 2.21. The maximum atomic E-state index is 11.2. The first-order valence-electron chi connectivity index (χ1n) is 7.34. The molecule has 0 aliphatic carbocycles. The first-order valence-corrected chi connectivity index (χ1v) is 7.34. The van der Waals surface area contributed by atoms with Crippen molar-refractivity contribution >= 4 is 6.29 Å². The number of carbonyl (C=O) groups is 1. The van der Waals surface area contributed by atoms with E-state index in [2.05, 4.69) is 10.3 Å². The van der Waals surface area contributed by atoms with Gasteiger partial charge in [-0.05, 0) is 43.2 Å². The molecule has 23 heavy (non-hydrogen) atoms. The van der Waals surface area contributed by atoms with Crippen LogP contribution in [-0.2, 0) is 6.61 Å². The quantitative estimate of drug-likeness (QED) is 0.679. The maximum absolute atomic E-state index is 11.2. The molecule has 2 aromatic carbocycles. The lowest BCUT2D eigenvalue weighted by Gasteiger charge is -2.11. The molecule has 0 fully saturated rings. The van der Waals surface area contributed by atoms with Crippen LogP contribution < -0.4 is 4.74 Å². The highest BCUT2D eigenvalue weighted by Gasteiger charge is 2.15. The molecule has 0 saturated carbocycles. The smallest absolute Gasteiger partial charge is 0.172 e. The second-order valence-corrected chi connectivity index (χ2v) is 5.34. The minimum Gasteiger partial charge on any atom is -0.487 e. The van der Waals surface area contributed by atoms with Gasteiger partial charge in [0.05, 0.1) is 5.69 Å². The molecule has 0 amide bonds. The van der Waals surface area contributed by atoms with Gasteiger partial charge in [-0.3, -0.25) is 4.79 Å². The molecule has 0 atom stereocenters. The normalized spacial score (nSPS) is 10.5. The summed E-state index contributed by atoms with van der Waals surface area (Å²) in [7, 11) is 0. The summed E-state index contributed by atoms with van der Waals surface area (Å²) in [5.41, 5.74) is 3.93. The van der Waals surface area contributed by atoms with Crippen molar-refractivity contribution in [1.29, 1.82) is 0 Å². The average molecular weight is 307 g/mol. The standard InChI is InChI=1S/C18H17N3O2/c1-13-8-9-14(2)18(10-13)23-12-17-16(11-22)19-20-21(17)15-6-4-3-5-7-15/h3-11H,12H2,1-2H3. The van der Waals surface area contributed by atoms with Crippen LogP contribution in [0.3, 0.4) is 0 Å². The zero-order valence-corrected chi connectivity index (χ0v) is 13.1. The number of ether oxygens (including phenoxy) is 1. The van der Waals surface area contributed by atoms with Crippen LogP contribution in [0.4, 0.5) is 0 Å². The van der Waals surface area contributed by atoms with Crippen molar-refractivity contribution in [3.63, 3.8) is 0 Å². The summed E-state index contributed by atoms with van der Waals surface area (Å²) in [4.78, 5) is 11.2. The van der Waals surface area contributed by atoms with E-state index < -0.39 is 0 Å². The monoisotopic (exact) mass is 307 g/mol. The molecule has 0 spiro atoms. The van der Waals surface area contributed by atoms with E-state index in [4.69, 9.17) is 4.74 Å². The fourth-order valence-corrected chi connectivity index (χ4v) is 2.33. The van der Waals surface area contributed by atoms with Crippen LogP contribution in [0.15, 0.2) is 48.5 Å². The summed E-state index contributed by atoms with van der Waals surface area (Å²) >= 11 is 0. The molecule has 0 bridgehead atoms. The number of nitrogens with zero attached hydrogens (tertiary/aromatic N) is 3. The number of aldehydes is 1. The lowest BCUT2D eigenvalue weighted by atomic mass is 10.1. The summed E-state index contributed by atoms with van der Waals surface area (Å²) in [6.07, 6.45) is 0.703. The summed E-state index contributed by atoms with van der Waals surface area (Å²) in [5, 5.41) is 7.99. The number of carbonyl (C=O) groups excluding carboxylic acids is 1. The van der Waals surface area contributed by atoms with Crippen LogP contribution in [-0.4, -0.2) is 21.3 Å². The summed E-state index contributed by atoms with van der Waals surface area (Å²) in [5.74, 6) is 0.794. The van der Waals surface area contributed by atoms with E-state index in [-0.39, 0.29) is 6.61 Å². The largest absolute Gasteiger partial charge is 0.487 e. The molecule has 5 heteroatoms. The molecule has 3 aromatic rings. The van der Waals surface area contributed by atoms with Crippen LogP contribution >= 0.6 is 0 Å². The molecule has 0 aliphatic heterocycles. The Kier molecular flexibility index (Phi) is 4.19. The minimum atomic E-state index is 0.222. The zero-order chi connectivity index (χ0) is 16.2. The molecule has 0 radical (unpaired) electrons. The molecule has 5 nitrogen and oxygen atoms in total. The number of hydrogen-bond donors (Lipinski definition) is 0. The van der Waals surface area contributed by atoms with Gasteiger partial charge in [-0.25, -0.2) is 4.68 Å². The van der Waals surface area contributed by atoms with Gasteiger partial charge in [0.15, 0.2) is 12.0 Å². The fourth-order valence-electron chi connectivity index (χ4n) is 2.33. The van der Waals surface area contributed by atoms with E-state index in [1.807, 2.05) is 62.4 Å². The van der Waals surface area contributed by atoms with Crippen LogP contribution in [0.1, 0.15) is 27.3 Å². The Morgan fingerprint density at radius 3 is 2.65 bits per heavy atom. The number of aryl methyl sites for hydroxylation is 2. The van der Waals surface area contributed by atoms with E-state index >= 15 is 0 Å². The molecule has 1 heterocycles. The molecule has 0 unspecified atom stereocenters. The number of para-hydroxylation sites is 1. The topological polar surface area (TPSA) is 57.0 Å². The van der Waals surface area contributed by atoms with E-state index in [9.17, 15) is 4.79 Å². The highest BCUT2D eigenvalue weighted by atomic mass is 16.5. The number of hydrogen-bond acceptors (Lipinski definition) is 4. The van der Waals surface area contributed by atoms with Gasteiger partial charge in [0.25, 0.3) is 0 Å². The van der Waals surface area contributed by atoms with E-state index in [1.165, 1.54) is 0 Å². The average Bonchev–Trinajstić information content (AvgIpc) is 2.99. The van der Waals surface area contributed by atoms with E-state index in [0.29, 0.717) is 17.7 Å². The van der Waals surface area contributed by atoms with Crippen molar-refractivity contribution in [2.75, 3.05) is 0 Å². The number of benzene rings is 2. The molecule has 1 aromatic heterocycles. The highest BCUT2D eigenvalue weighted by molar-refractivity contribution is 5.73. The first-order chi connectivity index (χ1) is 11.2. The van der Waals surface area contributed by atoms with Gasteiger partial charge < -0.3 is 4.74 Å². The Hall–Kier alpha value is -2.95. The second-order valence-electron chi connectivity index (χ2n) is 5.34. The SMILES string of the molecule is Cc1ccc(C)c(OCc2c(C=O)nnn2-c2ccccc2)c1. The van der Waals surface area contributed by atoms with Crippen molar-refractivity contribution in [2.24, 2.45) is 0 Å². The van der Waals surface area contributed by atoms with Crippen LogP contribution in [0.2, 0.25) is 0 Å². The molecular weight excluding hydrogens is 290 g/mol. The van der Waals surface area contributed by atoms with Gasteiger partial charge in [-0.1, -0.05) is 35.5 Å². The van der Waals surface area contributed by atoms with E-state index in [0.717, 1.165) is 22.6 Å². The molecule has 0 saturated heterocycles. The van der Waals surface area contributed by atoms with Gasteiger partial charge in [-0.15, -0.1) is 5.10 Å². The van der Waals surface area contributed by atoms with Gasteiger partial charge in [0.1, 0.15) is 18.1 Å². The molecule has 116 valence electrons. The molecule has 0 N–H and O–H groups in total. The van der Waals surface area contributed by atoms with Crippen LogP contribution in [0, 0.1) is 13.8 Å². The summed E-state index contributed by atoms with van der Waals surface area (Å²) in [6, 6.07) is 15.6. The summed E-state index contributed by atoms with van der Waals surface area (Å²) in [6.45, 7) is 4.22. The lowest BCUT2D eigenvalue weighted by Crippen LogP contribution is -2.08. The van der Waals surface area contributed by atoms with Gasteiger partial charge in [0, 0.05) is 0 Å². The molecule has 0 aliphatic rings. The maximum Gasteiger partial charge on any atom is 0.172 e. The number of rotatable bonds is 5. The lowest BCUT2D eigenvalue weighted by molar-refractivity contribution is 0.111. The predicted octanol–water partition coefficient (Wildman–Crippen LogP) is 3.28. The second kappa shape index (κ2) is 6.44.